The maximum absolute atomic E-state index is 11.6. The van der Waals surface area contributed by atoms with E-state index in [1.165, 1.54) is 5.56 Å². The standard InChI is InChI=1S/C16H27N3O.2ClH/c1-13(2)19(4)12-15-7-5-6-14(10-15)11-18-16(20)8-9-17-3;;/h5-7,10,13,17H,8-9,11-12H2,1-4H3,(H,18,20);2*1H. The van der Waals surface area contributed by atoms with Crippen LogP contribution in [0, 0.1) is 0 Å². The quantitative estimate of drug-likeness (QED) is 0.758. The van der Waals surface area contributed by atoms with E-state index in [0.717, 1.165) is 12.1 Å². The molecule has 1 rings (SSSR count). The Morgan fingerprint density at radius 1 is 1.23 bits per heavy atom. The van der Waals surface area contributed by atoms with E-state index < -0.39 is 0 Å². The van der Waals surface area contributed by atoms with Crippen molar-refractivity contribution in [3.8, 4) is 0 Å². The molecule has 1 aromatic rings. The lowest BCUT2D eigenvalue weighted by atomic mass is 10.1. The van der Waals surface area contributed by atoms with Gasteiger partial charge in [0.1, 0.15) is 0 Å². The lowest BCUT2D eigenvalue weighted by Gasteiger charge is -2.21. The predicted molar refractivity (Wildman–Crippen MR) is 97.9 cm³/mol. The summed E-state index contributed by atoms with van der Waals surface area (Å²) in [4.78, 5) is 13.9. The molecule has 0 saturated carbocycles. The van der Waals surface area contributed by atoms with Crippen LogP contribution in [0.25, 0.3) is 0 Å². The SMILES string of the molecule is CNCCC(=O)NCc1cccc(CN(C)C(C)C)c1.Cl.Cl. The normalized spacial score (nSPS) is 10.1. The number of amides is 1. The lowest BCUT2D eigenvalue weighted by molar-refractivity contribution is -0.121. The number of carbonyl (C=O) groups is 1. The molecule has 4 nitrogen and oxygen atoms in total. The minimum atomic E-state index is 0. The topological polar surface area (TPSA) is 44.4 Å². The van der Waals surface area contributed by atoms with E-state index in [-0.39, 0.29) is 30.7 Å². The van der Waals surface area contributed by atoms with E-state index in [1.54, 1.807) is 0 Å². The van der Waals surface area contributed by atoms with Crippen molar-refractivity contribution in [2.75, 3.05) is 20.6 Å². The molecule has 0 radical (unpaired) electrons. The molecule has 0 unspecified atom stereocenters. The van der Waals surface area contributed by atoms with Crippen LogP contribution in [0.4, 0.5) is 0 Å². The predicted octanol–water partition coefficient (Wildman–Crippen LogP) is 2.60. The summed E-state index contributed by atoms with van der Waals surface area (Å²) >= 11 is 0. The van der Waals surface area contributed by atoms with Crippen LogP contribution in [0.3, 0.4) is 0 Å². The van der Waals surface area contributed by atoms with Gasteiger partial charge >= 0.3 is 0 Å². The average Bonchev–Trinajstić information content (AvgIpc) is 2.43. The maximum atomic E-state index is 11.6. The minimum absolute atomic E-state index is 0. The molecule has 6 heteroatoms. The van der Waals surface area contributed by atoms with Crippen molar-refractivity contribution in [1.29, 1.82) is 0 Å². The largest absolute Gasteiger partial charge is 0.352 e. The zero-order valence-electron chi connectivity index (χ0n) is 13.9. The molecular weight excluding hydrogens is 321 g/mol. The highest BCUT2D eigenvalue weighted by molar-refractivity contribution is 5.85. The van der Waals surface area contributed by atoms with Crippen LogP contribution >= 0.6 is 24.8 Å². The van der Waals surface area contributed by atoms with Gasteiger partial charge in [0.15, 0.2) is 0 Å². The van der Waals surface area contributed by atoms with Gasteiger partial charge < -0.3 is 10.6 Å². The van der Waals surface area contributed by atoms with Gasteiger partial charge in [-0.3, -0.25) is 9.69 Å². The highest BCUT2D eigenvalue weighted by Gasteiger charge is 2.05. The molecule has 0 aliphatic heterocycles. The molecule has 0 aliphatic rings. The van der Waals surface area contributed by atoms with Crippen molar-refractivity contribution in [2.45, 2.75) is 39.4 Å². The van der Waals surface area contributed by atoms with E-state index in [1.807, 2.05) is 7.05 Å². The second kappa shape index (κ2) is 12.7. The summed E-state index contributed by atoms with van der Waals surface area (Å²) in [5.41, 5.74) is 2.43. The number of hydrogen-bond acceptors (Lipinski definition) is 3. The monoisotopic (exact) mass is 349 g/mol. The van der Waals surface area contributed by atoms with Crippen LogP contribution in [0.2, 0.25) is 0 Å². The van der Waals surface area contributed by atoms with Crippen LogP contribution in [-0.4, -0.2) is 37.5 Å². The van der Waals surface area contributed by atoms with Crippen LogP contribution in [0.15, 0.2) is 24.3 Å². The number of nitrogens with one attached hydrogen (secondary N) is 2. The van der Waals surface area contributed by atoms with Gasteiger partial charge in [-0.1, -0.05) is 24.3 Å². The Labute approximate surface area is 146 Å². The van der Waals surface area contributed by atoms with Gasteiger partial charge in [-0.2, -0.15) is 0 Å². The molecule has 1 aromatic carbocycles. The summed E-state index contributed by atoms with van der Waals surface area (Å²) in [5, 5.41) is 5.92. The number of hydrogen-bond donors (Lipinski definition) is 2. The van der Waals surface area contributed by atoms with Crippen molar-refractivity contribution >= 4 is 30.7 Å². The molecule has 0 bridgehead atoms. The molecule has 1 amide bonds. The van der Waals surface area contributed by atoms with Crippen molar-refractivity contribution in [3.63, 3.8) is 0 Å². The molecule has 0 spiro atoms. The smallest absolute Gasteiger partial charge is 0.221 e. The summed E-state index contributed by atoms with van der Waals surface area (Å²) in [5.74, 6) is 0.0871. The molecule has 0 aromatic heterocycles. The van der Waals surface area contributed by atoms with Gasteiger partial charge in [0.25, 0.3) is 0 Å². The van der Waals surface area contributed by atoms with Gasteiger partial charge in [-0.05, 0) is 39.1 Å². The fourth-order valence-electron chi connectivity index (χ4n) is 1.84. The number of rotatable bonds is 8. The Bertz CT molecular complexity index is 428. The maximum Gasteiger partial charge on any atom is 0.221 e. The van der Waals surface area contributed by atoms with Crippen molar-refractivity contribution in [3.05, 3.63) is 35.4 Å². The third kappa shape index (κ3) is 9.26. The van der Waals surface area contributed by atoms with Crippen LogP contribution < -0.4 is 10.6 Å². The first kappa shape index (κ1) is 23.5. The molecule has 0 saturated heterocycles. The summed E-state index contributed by atoms with van der Waals surface area (Å²) in [6.07, 6.45) is 0.520. The third-order valence-corrected chi connectivity index (χ3v) is 3.40. The first-order valence-corrected chi connectivity index (χ1v) is 7.22. The summed E-state index contributed by atoms with van der Waals surface area (Å²) in [6.45, 7) is 6.61. The third-order valence-electron chi connectivity index (χ3n) is 3.40. The number of benzene rings is 1. The molecule has 128 valence electrons. The number of halogens is 2. The number of carbonyl (C=O) groups excluding carboxylic acids is 1. The molecule has 0 atom stereocenters. The minimum Gasteiger partial charge on any atom is -0.352 e. The Hall–Kier alpha value is -0.810. The van der Waals surface area contributed by atoms with Crippen LogP contribution in [-0.2, 0) is 17.9 Å². The summed E-state index contributed by atoms with van der Waals surface area (Å²) < 4.78 is 0. The fraction of sp³-hybridized carbons (Fsp3) is 0.562. The fourth-order valence-corrected chi connectivity index (χ4v) is 1.84. The van der Waals surface area contributed by atoms with Crippen LogP contribution in [0.5, 0.6) is 0 Å². The second-order valence-electron chi connectivity index (χ2n) is 5.46. The van der Waals surface area contributed by atoms with Crippen molar-refractivity contribution in [2.24, 2.45) is 0 Å². The van der Waals surface area contributed by atoms with E-state index in [9.17, 15) is 4.79 Å². The Morgan fingerprint density at radius 2 is 1.86 bits per heavy atom. The molecule has 0 heterocycles. The van der Waals surface area contributed by atoms with E-state index in [4.69, 9.17) is 0 Å². The number of nitrogens with zero attached hydrogens (tertiary/aromatic N) is 1. The van der Waals surface area contributed by atoms with E-state index >= 15 is 0 Å². The summed E-state index contributed by atoms with van der Waals surface area (Å²) in [7, 11) is 3.97. The highest BCUT2D eigenvalue weighted by atomic mass is 35.5. The first-order valence-electron chi connectivity index (χ1n) is 7.22. The highest BCUT2D eigenvalue weighted by Crippen LogP contribution is 2.09. The Kier molecular flexibility index (Phi) is 13.5. The van der Waals surface area contributed by atoms with Gasteiger partial charge in [0, 0.05) is 32.1 Å². The molecule has 0 aliphatic carbocycles. The molecule has 22 heavy (non-hydrogen) atoms. The van der Waals surface area contributed by atoms with Crippen LogP contribution in [0.1, 0.15) is 31.4 Å². The second-order valence-corrected chi connectivity index (χ2v) is 5.46. The van der Waals surface area contributed by atoms with Gasteiger partial charge in [-0.25, -0.2) is 0 Å². The van der Waals surface area contributed by atoms with E-state index in [0.29, 0.717) is 25.6 Å². The molecule has 2 N–H and O–H groups in total. The Morgan fingerprint density at radius 3 is 2.45 bits per heavy atom. The van der Waals surface area contributed by atoms with Gasteiger partial charge in [-0.15, -0.1) is 24.8 Å². The molecular formula is C16H29Cl2N3O. The average molecular weight is 350 g/mol. The molecule has 0 fully saturated rings. The van der Waals surface area contributed by atoms with E-state index in [2.05, 4.69) is 60.7 Å². The Balaban J connectivity index is 0. The van der Waals surface area contributed by atoms with Crippen molar-refractivity contribution in [1.82, 2.24) is 15.5 Å². The summed E-state index contributed by atoms with van der Waals surface area (Å²) in [6, 6.07) is 8.93. The first-order chi connectivity index (χ1) is 9.52. The van der Waals surface area contributed by atoms with Gasteiger partial charge in [0.2, 0.25) is 5.91 Å². The zero-order chi connectivity index (χ0) is 15.0. The van der Waals surface area contributed by atoms with Gasteiger partial charge in [0.05, 0.1) is 0 Å². The lowest BCUT2D eigenvalue weighted by Crippen LogP contribution is -2.27. The zero-order valence-corrected chi connectivity index (χ0v) is 15.5. The van der Waals surface area contributed by atoms with Crippen molar-refractivity contribution < 1.29 is 4.79 Å².